The second kappa shape index (κ2) is 6.08. The molecule has 6 heteroatoms. The highest BCUT2D eigenvalue weighted by atomic mass is 19.1. The quantitative estimate of drug-likeness (QED) is 0.803. The summed E-state index contributed by atoms with van der Waals surface area (Å²) in [5, 5.41) is 2.73. The molecule has 0 radical (unpaired) electrons. The molecule has 0 aliphatic heterocycles. The average Bonchev–Trinajstić information content (AvgIpc) is 2.83. The van der Waals surface area contributed by atoms with Crippen LogP contribution in [0.25, 0.3) is 11.1 Å². The number of nitrogens with zero attached hydrogens (tertiary/aromatic N) is 1. The Hall–Kier alpha value is -2.89. The number of benzene rings is 2. The minimum Gasteiger partial charge on any atom is -0.408 e. The van der Waals surface area contributed by atoms with Crippen LogP contribution in [-0.2, 0) is 13.5 Å². The van der Waals surface area contributed by atoms with Gasteiger partial charge < -0.3 is 9.73 Å². The number of aromatic nitrogens is 1. The fourth-order valence-electron chi connectivity index (χ4n) is 2.39. The van der Waals surface area contributed by atoms with Crippen molar-refractivity contribution < 1.29 is 13.6 Å². The van der Waals surface area contributed by atoms with Crippen LogP contribution < -0.4 is 11.1 Å². The first-order valence-electron chi connectivity index (χ1n) is 7.17. The predicted octanol–water partition coefficient (Wildman–Crippen LogP) is 2.24. The molecule has 1 aromatic heterocycles. The average molecular weight is 314 g/mol. The van der Waals surface area contributed by atoms with Crippen molar-refractivity contribution >= 4 is 17.0 Å². The lowest BCUT2D eigenvalue weighted by Gasteiger charge is -2.06. The Morgan fingerprint density at radius 1 is 1.26 bits per heavy atom. The molecule has 118 valence electrons. The maximum atomic E-state index is 13.5. The molecule has 5 nitrogen and oxygen atoms in total. The summed E-state index contributed by atoms with van der Waals surface area (Å²) in [6.07, 6.45) is 0.404. The van der Waals surface area contributed by atoms with Crippen molar-refractivity contribution in [2.45, 2.75) is 6.42 Å². The summed E-state index contributed by atoms with van der Waals surface area (Å²) in [6, 6.07) is 11.3. The highest BCUT2D eigenvalue weighted by molar-refractivity contribution is 5.97. The number of nitrogens with one attached hydrogen (secondary N) is 1. The lowest BCUT2D eigenvalue weighted by molar-refractivity contribution is 0.0954. The number of hydrogen-bond donors (Lipinski definition) is 1. The molecule has 1 heterocycles. The van der Waals surface area contributed by atoms with E-state index in [0.717, 1.165) is 0 Å². The Kier molecular flexibility index (Phi) is 3.97. The Balaban J connectivity index is 1.69. The van der Waals surface area contributed by atoms with Crippen LogP contribution >= 0.6 is 0 Å². The maximum absolute atomic E-state index is 13.5. The monoisotopic (exact) mass is 314 g/mol. The first-order chi connectivity index (χ1) is 11.1. The molecule has 0 fully saturated rings. The molecule has 0 aliphatic carbocycles. The van der Waals surface area contributed by atoms with E-state index in [-0.39, 0.29) is 11.7 Å². The first-order valence-corrected chi connectivity index (χ1v) is 7.17. The number of aryl methyl sites for hydroxylation is 1. The van der Waals surface area contributed by atoms with Gasteiger partial charge in [0.2, 0.25) is 0 Å². The van der Waals surface area contributed by atoms with Gasteiger partial charge in [0, 0.05) is 19.2 Å². The van der Waals surface area contributed by atoms with E-state index in [2.05, 4.69) is 5.32 Å². The highest BCUT2D eigenvalue weighted by Crippen LogP contribution is 2.14. The number of carbonyl (C=O) groups excluding carboxylic acids is 1. The van der Waals surface area contributed by atoms with E-state index in [1.165, 1.54) is 16.7 Å². The van der Waals surface area contributed by atoms with Crippen molar-refractivity contribution in [3.8, 4) is 0 Å². The van der Waals surface area contributed by atoms with Gasteiger partial charge in [0.15, 0.2) is 5.58 Å². The van der Waals surface area contributed by atoms with Crippen LogP contribution in [0.1, 0.15) is 15.9 Å². The highest BCUT2D eigenvalue weighted by Gasteiger charge is 2.11. The van der Waals surface area contributed by atoms with Gasteiger partial charge in [0.05, 0.1) is 5.52 Å². The summed E-state index contributed by atoms with van der Waals surface area (Å²) in [6.45, 7) is 0.316. The van der Waals surface area contributed by atoms with E-state index in [1.54, 1.807) is 37.4 Å². The van der Waals surface area contributed by atoms with Crippen molar-refractivity contribution in [3.63, 3.8) is 0 Å². The lowest BCUT2D eigenvalue weighted by atomic mass is 10.1. The van der Waals surface area contributed by atoms with Crippen molar-refractivity contribution in [1.82, 2.24) is 9.88 Å². The number of oxazole rings is 1. The molecule has 3 aromatic rings. The molecule has 2 aromatic carbocycles. The standard InChI is InChI=1S/C17H15FN2O3/c1-20-14-7-6-12(10-15(14)23-17(20)22)16(21)19-9-8-11-4-2-3-5-13(11)18/h2-7,10H,8-9H2,1H3,(H,19,21). The van der Waals surface area contributed by atoms with Gasteiger partial charge in [-0.05, 0) is 36.2 Å². The van der Waals surface area contributed by atoms with Gasteiger partial charge >= 0.3 is 5.76 Å². The van der Waals surface area contributed by atoms with Crippen molar-refractivity contribution in [2.24, 2.45) is 7.05 Å². The normalized spacial score (nSPS) is 10.9. The fourth-order valence-corrected chi connectivity index (χ4v) is 2.39. The zero-order chi connectivity index (χ0) is 16.4. The third-order valence-corrected chi connectivity index (χ3v) is 3.69. The van der Waals surface area contributed by atoms with Crippen LogP contribution in [-0.4, -0.2) is 17.0 Å². The molecular weight excluding hydrogens is 299 g/mol. The maximum Gasteiger partial charge on any atom is 0.419 e. The Morgan fingerprint density at radius 3 is 2.83 bits per heavy atom. The molecule has 0 saturated heterocycles. The van der Waals surface area contributed by atoms with Crippen LogP contribution in [0.4, 0.5) is 4.39 Å². The lowest BCUT2D eigenvalue weighted by Crippen LogP contribution is -2.25. The Labute approximate surface area is 131 Å². The SMILES string of the molecule is Cn1c(=O)oc2cc(C(=O)NCCc3ccccc3F)ccc21. The number of rotatable bonds is 4. The molecule has 0 aliphatic rings. The molecular formula is C17H15FN2O3. The Morgan fingerprint density at radius 2 is 2.04 bits per heavy atom. The zero-order valence-electron chi connectivity index (χ0n) is 12.5. The van der Waals surface area contributed by atoms with Gasteiger partial charge in [-0.15, -0.1) is 0 Å². The summed E-state index contributed by atoms with van der Waals surface area (Å²) in [5.41, 5.74) is 1.93. The zero-order valence-corrected chi connectivity index (χ0v) is 12.5. The van der Waals surface area contributed by atoms with Gasteiger partial charge in [0.1, 0.15) is 5.82 Å². The fraction of sp³-hybridized carbons (Fsp3) is 0.176. The topological polar surface area (TPSA) is 64.2 Å². The minimum atomic E-state index is -0.475. The van der Waals surface area contributed by atoms with Gasteiger partial charge in [-0.1, -0.05) is 18.2 Å². The smallest absolute Gasteiger partial charge is 0.408 e. The Bertz CT molecular complexity index is 927. The number of fused-ring (bicyclic) bond motifs is 1. The third kappa shape index (κ3) is 3.01. The van der Waals surface area contributed by atoms with Crippen LogP contribution in [0.3, 0.4) is 0 Å². The van der Waals surface area contributed by atoms with Gasteiger partial charge in [-0.25, -0.2) is 9.18 Å². The number of halogens is 1. The van der Waals surface area contributed by atoms with E-state index in [4.69, 9.17) is 4.42 Å². The second-order valence-corrected chi connectivity index (χ2v) is 5.21. The van der Waals surface area contributed by atoms with E-state index in [1.807, 2.05) is 0 Å². The van der Waals surface area contributed by atoms with E-state index < -0.39 is 5.76 Å². The predicted molar refractivity (Wildman–Crippen MR) is 83.9 cm³/mol. The van der Waals surface area contributed by atoms with Gasteiger partial charge in [-0.3, -0.25) is 9.36 Å². The molecule has 0 atom stereocenters. The van der Waals surface area contributed by atoms with Crippen LogP contribution in [0, 0.1) is 5.82 Å². The number of hydrogen-bond acceptors (Lipinski definition) is 3. The van der Waals surface area contributed by atoms with Gasteiger partial charge in [0.25, 0.3) is 5.91 Å². The molecule has 0 spiro atoms. The molecule has 0 unspecified atom stereocenters. The number of amides is 1. The molecule has 0 saturated carbocycles. The summed E-state index contributed by atoms with van der Waals surface area (Å²) in [4.78, 5) is 23.6. The van der Waals surface area contributed by atoms with Crippen LogP contribution in [0.2, 0.25) is 0 Å². The van der Waals surface area contributed by atoms with Crippen LogP contribution in [0.15, 0.2) is 51.7 Å². The summed E-state index contributed by atoms with van der Waals surface area (Å²) in [5.74, 6) is -1.05. The molecule has 1 amide bonds. The first kappa shape index (κ1) is 15.0. The van der Waals surface area contributed by atoms with Crippen molar-refractivity contribution in [2.75, 3.05) is 6.54 Å². The second-order valence-electron chi connectivity index (χ2n) is 5.21. The van der Waals surface area contributed by atoms with Crippen LogP contribution in [0.5, 0.6) is 0 Å². The largest absolute Gasteiger partial charge is 0.419 e. The molecule has 3 rings (SSSR count). The minimum absolute atomic E-state index is 0.283. The van der Waals surface area contributed by atoms with E-state index >= 15 is 0 Å². The molecule has 0 bridgehead atoms. The van der Waals surface area contributed by atoms with Crippen molar-refractivity contribution in [3.05, 3.63) is 70.0 Å². The van der Waals surface area contributed by atoms with E-state index in [0.29, 0.717) is 35.2 Å². The molecule has 1 N–H and O–H groups in total. The molecule has 23 heavy (non-hydrogen) atoms. The summed E-state index contributed by atoms with van der Waals surface area (Å²) >= 11 is 0. The summed E-state index contributed by atoms with van der Waals surface area (Å²) in [7, 11) is 1.60. The summed E-state index contributed by atoms with van der Waals surface area (Å²) < 4.78 is 19.9. The third-order valence-electron chi connectivity index (χ3n) is 3.69. The number of carbonyl (C=O) groups is 1. The van der Waals surface area contributed by atoms with Crippen molar-refractivity contribution in [1.29, 1.82) is 0 Å². The van der Waals surface area contributed by atoms with Gasteiger partial charge in [-0.2, -0.15) is 0 Å². The van der Waals surface area contributed by atoms with E-state index in [9.17, 15) is 14.0 Å².